The molecule has 9 heteroatoms. The summed E-state index contributed by atoms with van der Waals surface area (Å²) in [6, 6.07) is 10.6. The van der Waals surface area contributed by atoms with E-state index in [2.05, 4.69) is 39.8 Å². The Hall–Kier alpha value is -3.56. The second-order valence-corrected chi connectivity index (χ2v) is 11.5. The normalized spacial score (nSPS) is 17.9. The number of rotatable bonds is 4. The molecule has 0 spiro atoms. The number of likely N-dealkylation sites (tertiary alicyclic amines) is 1. The van der Waals surface area contributed by atoms with Crippen molar-refractivity contribution in [3.63, 3.8) is 0 Å². The third-order valence-electron chi connectivity index (χ3n) is 7.87. The number of carbonyl (C=O) groups excluding carboxylic acids is 1. The monoisotopic (exact) mass is 526 g/mol. The highest BCUT2D eigenvalue weighted by Gasteiger charge is 2.28. The summed E-state index contributed by atoms with van der Waals surface area (Å²) < 4.78 is 7.82. The summed E-state index contributed by atoms with van der Waals surface area (Å²) in [7, 11) is 0. The fraction of sp³-hybridized carbons (Fsp3) is 0.379. The predicted octanol–water partition coefficient (Wildman–Crippen LogP) is 4.75. The van der Waals surface area contributed by atoms with Crippen molar-refractivity contribution in [2.24, 2.45) is 0 Å². The zero-order valence-corrected chi connectivity index (χ0v) is 22.3. The number of morpholine rings is 1. The van der Waals surface area contributed by atoms with E-state index >= 15 is 0 Å². The van der Waals surface area contributed by atoms with Gasteiger partial charge in [-0.1, -0.05) is 30.4 Å². The fourth-order valence-electron chi connectivity index (χ4n) is 5.82. The zero-order chi connectivity index (χ0) is 25.6. The van der Waals surface area contributed by atoms with E-state index in [-0.39, 0.29) is 11.9 Å². The summed E-state index contributed by atoms with van der Waals surface area (Å²) in [6.07, 6.45) is 9.03. The lowest BCUT2D eigenvalue weighted by atomic mass is 10.00. The van der Waals surface area contributed by atoms with E-state index in [1.165, 1.54) is 16.0 Å². The average Bonchev–Trinajstić information content (AvgIpc) is 3.72. The highest BCUT2D eigenvalue weighted by atomic mass is 32.1. The van der Waals surface area contributed by atoms with Crippen LogP contribution >= 0.6 is 11.3 Å². The Morgan fingerprint density at radius 1 is 1.05 bits per heavy atom. The number of hydrogen-bond acceptors (Lipinski definition) is 7. The average molecular weight is 527 g/mol. The van der Waals surface area contributed by atoms with Gasteiger partial charge in [0.15, 0.2) is 5.65 Å². The van der Waals surface area contributed by atoms with Crippen molar-refractivity contribution in [3.8, 4) is 11.3 Å². The number of fused-ring (bicyclic) bond motifs is 2. The SMILES string of the molecule is Cc1ccc(C(=O)N2CCC(n3cnc4c(-c5cccc6c5C=CC6)nc(N5CCOCC5)nc43)CC2)s1. The number of benzene rings is 1. The van der Waals surface area contributed by atoms with Crippen LogP contribution in [-0.4, -0.2) is 69.7 Å². The van der Waals surface area contributed by atoms with Crippen LogP contribution in [0, 0.1) is 6.92 Å². The van der Waals surface area contributed by atoms with Gasteiger partial charge >= 0.3 is 0 Å². The van der Waals surface area contributed by atoms with Crippen LogP contribution in [0.15, 0.2) is 42.7 Å². The molecule has 3 aromatic heterocycles. The minimum absolute atomic E-state index is 0.141. The van der Waals surface area contributed by atoms with Crippen molar-refractivity contribution in [2.75, 3.05) is 44.3 Å². The maximum absolute atomic E-state index is 13.0. The van der Waals surface area contributed by atoms with Gasteiger partial charge in [-0.25, -0.2) is 9.97 Å². The molecule has 0 unspecified atom stereocenters. The van der Waals surface area contributed by atoms with Crippen molar-refractivity contribution >= 4 is 40.4 Å². The molecule has 1 aromatic carbocycles. The van der Waals surface area contributed by atoms with E-state index < -0.39 is 0 Å². The molecule has 194 valence electrons. The van der Waals surface area contributed by atoms with Crippen LogP contribution < -0.4 is 4.90 Å². The molecular formula is C29H30N6O2S. The van der Waals surface area contributed by atoms with Gasteiger partial charge in [0.2, 0.25) is 5.95 Å². The molecule has 2 fully saturated rings. The first kappa shape index (κ1) is 23.5. The highest BCUT2D eigenvalue weighted by molar-refractivity contribution is 7.13. The smallest absolute Gasteiger partial charge is 0.263 e. The molecule has 0 N–H and O–H groups in total. The molecule has 2 aliphatic heterocycles. The number of aromatic nitrogens is 4. The topological polar surface area (TPSA) is 76.4 Å². The van der Waals surface area contributed by atoms with E-state index in [9.17, 15) is 4.79 Å². The largest absolute Gasteiger partial charge is 0.378 e. The van der Waals surface area contributed by atoms with Crippen molar-refractivity contribution in [3.05, 3.63) is 63.6 Å². The highest BCUT2D eigenvalue weighted by Crippen LogP contribution is 2.36. The van der Waals surface area contributed by atoms with E-state index in [0.29, 0.717) is 13.2 Å². The van der Waals surface area contributed by atoms with Gasteiger partial charge in [0, 0.05) is 42.7 Å². The number of allylic oxidation sites excluding steroid dienone is 1. The van der Waals surface area contributed by atoms with Crippen LogP contribution in [0.1, 0.15) is 44.6 Å². The van der Waals surface area contributed by atoms with E-state index in [0.717, 1.165) is 78.7 Å². The van der Waals surface area contributed by atoms with Gasteiger partial charge in [0.25, 0.3) is 5.91 Å². The standard InChI is InChI=1S/C29H30N6O2S/c1-19-8-9-24(38-19)28(36)33-12-10-21(11-13-33)35-18-30-26-25(23-7-3-5-20-4-2-6-22(20)23)31-29(32-27(26)35)34-14-16-37-17-15-34/h2-3,5-9,18,21H,4,10-17H2,1H3. The molecule has 4 aromatic rings. The van der Waals surface area contributed by atoms with Crippen LogP contribution in [-0.2, 0) is 11.2 Å². The lowest BCUT2D eigenvalue weighted by Gasteiger charge is -2.32. The molecular weight excluding hydrogens is 496 g/mol. The lowest BCUT2D eigenvalue weighted by Crippen LogP contribution is -2.39. The van der Waals surface area contributed by atoms with Gasteiger partial charge in [0.1, 0.15) is 11.2 Å². The Labute approximate surface area is 225 Å². The summed E-state index contributed by atoms with van der Waals surface area (Å²) >= 11 is 1.57. The fourth-order valence-corrected chi connectivity index (χ4v) is 6.65. The van der Waals surface area contributed by atoms with E-state index in [4.69, 9.17) is 19.7 Å². The maximum atomic E-state index is 13.0. The molecule has 8 nitrogen and oxygen atoms in total. The number of imidazole rings is 1. The second kappa shape index (κ2) is 9.63. The number of carbonyl (C=O) groups is 1. The Kier molecular flexibility index (Phi) is 5.97. The first-order valence-corrected chi connectivity index (χ1v) is 14.2. The first-order chi connectivity index (χ1) is 18.7. The third kappa shape index (κ3) is 4.10. The number of hydrogen-bond donors (Lipinski definition) is 0. The molecule has 7 rings (SSSR count). The molecule has 0 saturated carbocycles. The molecule has 2 saturated heterocycles. The zero-order valence-electron chi connectivity index (χ0n) is 21.5. The summed E-state index contributed by atoms with van der Waals surface area (Å²) in [5.41, 5.74) is 6.25. The number of aryl methyl sites for hydroxylation is 1. The van der Waals surface area contributed by atoms with Gasteiger partial charge in [0.05, 0.1) is 24.4 Å². The number of thiophene rings is 1. The number of anilines is 1. The van der Waals surface area contributed by atoms with Gasteiger partial charge in [-0.05, 0) is 49.4 Å². The summed E-state index contributed by atoms with van der Waals surface area (Å²) in [5.74, 6) is 0.875. The molecule has 1 aliphatic carbocycles. The molecule has 0 atom stereocenters. The van der Waals surface area contributed by atoms with Gasteiger partial charge in [-0.3, -0.25) is 4.79 Å². The first-order valence-electron chi connectivity index (χ1n) is 13.4. The molecule has 0 radical (unpaired) electrons. The Morgan fingerprint density at radius 3 is 2.68 bits per heavy atom. The van der Waals surface area contributed by atoms with E-state index in [1.54, 1.807) is 11.3 Å². The Morgan fingerprint density at radius 2 is 1.89 bits per heavy atom. The minimum atomic E-state index is 0.141. The molecule has 1 amide bonds. The number of amides is 1. The lowest BCUT2D eigenvalue weighted by molar-refractivity contribution is 0.0700. The van der Waals surface area contributed by atoms with Crippen LogP contribution in [0.5, 0.6) is 0 Å². The van der Waals surface area contributed by atoms with Crippen molar-refractivity contribution < 1.29 is 9.53 Å². The predicted molar refractivity (Wildman–Crippen MR) is 150 cm³/mol. The Balaban J connectivity index is 1.24. The Bertz CT molecular complexity index is 1540. The molecule has 5 heterocycles. The number of nitrogens with zero attached hydrogens (tertiary/aromatic N) is 6. The van der Waals surface area contributed by atoms with Crippen LogP contribution in [0.3, 0.4) is 0 Å². The maximum Gasteiger partial charge on any atom is 0.263 e. The summed E-state index contributed by atoms with van der Waals surface area (Å²) in [6.45, 7) is 6.39. The minimum Gasteiger partial charge on any atom is -0.378 e. The van der Waals surface area contributed by atoms with Crippen molar-refractivity contribution in [1.29, 1.82) is 0 Å². The third-order valence-corrected chi connectivity index (χ3v) is 8.86. The van der Waals surface area contributed by atoms with Gasteiger partial charge in [-0.2, -0.15) is 4.98 Å². The quantitative estimate of drug-likeness (QED) is 0.382. The second-order valence-electron chi connectivity index (χ2n) is 10.2. The van der Waals surface area contributed by atoms with Crippen LogP contribution in [0.2, 0.25) is 0 Å². The number of piperidine rings is 1. The van der Waals surface area contributed by atoms with Gasteiger partial charge in [-0.15, -0.1) is 11.3 Å². The molecule has 3 aliphatic rings. The van der Waals surface area contributed by atoms with Crippen molar-refractivity contribution in [1.82, 2.24) is 24.4 Å². The van der Waals surface area contributed by atoms with E-state index in [1.807, 2.05) is 30.3 Å². The number of ether oxygens (including phenoxy) is 1. The summed E-state index contributed by atoms with van der Waals surface area (Å²) in [5, 5.41) is 0. The van der Waals surface area contributed by atoms with Crippen LogP contribution in [0.4, 0.5) is 5.95 Å². The van der Waals surface area contributed by atoms with Crippen molar-refractivity contribution in [2.45, 2.75) is 32.2 Å². The van der Waals surface area contributed by atoms with Crippen LogP contribution in [0.25, 0.3) is 28.5 Å². The summed E-state index contributed by atoms with van der Waals surface area (Å²) in [4.78, 5) is 34.3. The molecule has 38 heavy (non-hydrogen) atoms. The van der Waals surface area contributed by atoms with Gasteiger partial charge < -0.3 is 19.1 Å². The molecule has 0 bridgehead atoms.